The normalized spacial score (nSPS) is 11.3. The largest absolute Gasteiger partial charge is 0.497 e. The molecule has 0 amide bonds. The van der Waals surface area contributed by atoms with Crippen molar-refractivity contribution in [3.63, 3.8) is 0 Å². The van der Waals surface area contributed by atoms with E-state index in [-0.39, 0.29) is 0 Å². The lowest BCUT2D eigenvalue weighted by molar-refractivity contribution is 0.259. The van der Waals surface area contributed by atoms with Crippen molar-refractivity contribution in [1.82, 2.24) is 15.5 Å². The van der Waals surface area contributed by atoms with E-state index >= 15 is 0 Å². The zero-order chi connectivity index (χ0) is 21.8. The van der Waals surface area contributed by atoms with Gasteiger partial charge in [-0.15, -0.1) is 0 Å². The number of methoxy groups -OCH3 is 2. The number of ether oxygens (including phenoxy) is 3. The van der Waals surface area contributed by atoms with Gasteiger partial charge in [0, 0.05) is 36.8 Å². The van der Waals surface area contributed by atoms with E-state index in [4.69, 9.17) is 19.2 Å². The third kappa shape index (κ3) is 7.48. The maximum absolute atomic E-state index is 5.94. The first-order chi connectivity index (χ1) is 14.6. The first kappa shape index (κ1) is 23.3. The molecule has 0 fully saturated rings. The summed E-state index contributed by atoms with van der Waals surface area (Å²) in [4.78, 5) is 6.83. The number of likely N-dealkylation sites (N-methyl/N-ethyl adjacent to an activating group) is 1. The molecule has 0 aromatic heterocycles. The average molecular weight is 415 g/mol. The highest BCUT2D eigenvalue weighted by atomic mass is 16.5. The summed E-state index contributed by atoms with van der Waals surface area (Å²) in [5, 5.41) is 6.65. The molecule has 30 heavy (non-hydrogen) atoms. The zero-order valence-electron chi connectivity index (χ0n) is 18.7. The Labute approximate surface area is 180 Å². The summed E-state index contributed by atoms with van der Waals surface area (Å²) in [6.45, 7) is 5.43. The van der Waals surface area contributed by atoms with Crippen LogP contribution >= 0.6 is 0 Å². The number of nitrogens with zero attached hydrogens (tertiary/aromatic N) is 2. The number of nitrogens with one attached hydrogen (secondary N) is 2. The number of benzene rings is 2. The Kier molecular flexibility index (Phi) is 9.80. The van der Waals surface area contributed by atoms with E-state index in [2.05, 4.69) is 15.5 Å². The topological polar surface area (TPSA) is 67.4 Å². The smallest absolute Gasteiger partial charge is 0.191 e. The summed E-state index contributed by atoms with van der Waals surface area (Å²) in [6.07, 6.45) is 0. The van der Waals surface area contributed by atoms with Crippen molar-refractivity contribution in [3.8, 4) is 17.2 Å². The van der Waals surface area contributed by atoms with Crippen LogP contribution in [0.25, 0.3) is 0 Å². The molecular formula is C23H34N4O3. The second-order valence-corrected chi connectivity index (χ2v) is 6.99. The maximum atomic E-state index is 5.94. The van der Waals surface area contributed by atoms with Gasteiger partial charge in [-0.1, -0.05) is 18.2 Å². The summed E-state index contributed by atoms with van der Waals surface area (Å²) < 4.78 is 16.7. The number of hydrogen-bond acceptors (Lipinski definition) is 5. The van der Waals surface area contributed by atoms with Crippen molar-refractivity contribution in [3.05, 3.63) is 53.6 Å². The number of guanidine groups is 1. The van der Waals surface area contributed by atoms with E-state index in [0.717, 1.165) is 47.4 Å². The van der Waals surface area contributed by atoms with E-state index < -0.39 is 0 Å². The Morgan fingerprint density at radius 2 is 1.77 bits per heavy atom. The van der Waals surface area contributed by atoms with Crippen molar-refractivity contribution in [2.45, 2.75) is 20.0 Å². The van der Waals surface area contributed by atoms with Gasteiger partial charge in [-0.3, -0.25) is 0 Å². The fraction of sp³-hybridized carbons (Fsp3) is 0.435. The van der Waals surface area contributed by atoms with Crippen LogP contribution in [0.15, 0.2) is 47.5 Å². The van der Waals surface area contributed by atoms with Crippen molar-refractivity contribution < 1.29 is 14.2 Å². The number of hydrogen-bond donors (Lipinski definition) is 2. The molecular weight excluding hydrogens is 380 g/mol. The second-order valence-electron chi connectivity index (χ2n) is 6.99. The van der Waals surface area contributed by atoms with Crippen LogP contribution in [0.3, 0.4) is 0 Å². The fourth-order valence-electron chi connectivity index (χ4n) is 2.80. The van der Waals surface area contributed by atoms with Crippen LogP contribution in [-0.4, -0.2) is 58.9 Å². The monoisotopic (exact) mass is 414 g/mol. The Hall–Kier alpha value is -2.93. The van der Waals surface area contributed by atoms with Crippen LogP contribution in [0.5, 0.6) is 17.2 Å². The zero-order valence-corrected chi connectivity index (χ0v) is 18.7. The van der Waals surface area contributed by atoms with Gasteiger partial charge in [0.15, 0.2) is 5.96 Å². The van der Waals surface area contributed by atoms with Crippen LogP contribution in [0.2, 0.25) is 0 Å². The molecule has 2 aromatic carbocycles. The lowest BCUT2D eigenvalue weighted by atomic mass is 10.2. The van der Waals surface area contributed by atoms with Gasteiger partial charge in [-0.25, -0.2) is 4.99 Å². The molecule has 0 saturated carbocycles. The van der Waals surface area contributed by atoms with E-state index in [9.17, 15) is 0 Å². The standard InChI is InChI=1S/C23H34N4O3/c1-6-24-23(26-17-19-11-12-20(28-4)15-22(19)29-5)25-16-18-9-7-8-10-21(18)30-14-13-27(2)3/h7-12,15H,6,13-14,16-17H2,1-5H3,(H2,24,25,26). The van der Waals surface area contributed by atoms with Gasteiger partial charge in [-0.05, 0) is 39.2 Å². The van der Waals surface area contributed by atoms with Crippen molar-refractivity contribution in [2.75, 3.05) is 48.0 Å². The minimum atomic E-state index is 0.521. The Morgan fingerprint density at radius 1 is 0.967 bits per heavy atom. The molecule has 0 aliphatic carbocycles. The van der Waals surface area contributed by atoms with Crippen molar-refractivity contribution in [2.24, 2.45) is 4.99 Å². The highest BCUT2D eigenvalue weighted by Gasteiger charge is 2.07. The summed E-state index contributed by atoms with van der Waals surface area (Å²) in [6, 6.07) is 13.8. The van der Waals surface area contributed by atoms with E-state index in [1.807, 2.05) is 63.5 Å². The van der Waals surface area contributed by atoms with Crippen LogP contribution in [-0.2, 0) is 13.1 Å². The molecule has 0 bridgehead atoms. The van der Waals surface area contributed by atoms with Gasteiger partial charge >= 0.3 is 0 Å². The number of para-hydroxylation sites is 1. The molecule has 7 nitrogen and oxygen atoms in total. The van der Waals surface area contributed by atoms with Gasteiger partial charge in [0.1, 0.15) is 23.9 Å². The Morgan fingerprint density at radius 3 is 2.47 bits per heavy atom. The maximum Gasteiger partial charge on any atom is 0.191 e. The molecule has 0 spiro atoms. The number of aliphatic imine (C=N–C) groups is 1. The highest BCUT2D eigenvalue weighted by Crippen LogP contribution is 2.24. The molecule has 0 aliphatic heterocycles. The molecule has 0 heterocycles. The van der Waals surface area contributed by atoms with Crippen molar-refractivity contribution >= 4 is 5.96 Å². The van der Waals surface area contributed by atoms with Gasteiger partial charge in [0.2, 0.25) is 0 Å². The molecule has 164 valence electrons. The summed E-state index contributed by atoms with van der Waals surface area (Å²) in [7, 11) is 7.37. The summed E-state index contributed by atoms with van der Waals surface area (Å²) in [5.74, 6) is 3.15. The molecule has 2 aromatic rings. The minimum absolute atomic E-state index is 0.521. The lowest BCUT2D eigenvalue weighted by Crippen LogP contribution is -2.36. The van der Waals surface area contributed by atoms with Gasteiger partial charge < -0.3 is 29.7 Å². The summed E-state index contributed by atoms with van der Waals surface area (Å²) in [5.41, 5.74) is 2.08. The lowest BCUT2D eigenvalue weighted by Gasteiger charge is -2.15. The quantitative estimate of drug-likeness (QED) is 0.435. The van der Waals surface area contributed by atoms with Gasteiger partial charge in [-0.2, -0.15) is 0 Å². The van der Waals surface area contributed by atoms with Crippen LogP contribution in [0.1, 0.15) is 18.1 Å². The van der Waals surface area contributed by atoms with Crippen LogP contribution in [0.4, 0.5) is 0 Å². The van der Waals surface area contributed by atoms with Crippen LogP contribution in [0, 0.1) is 0 Å². The van der Waals surface area contributed by atoms with Crippen molar-refractivity contribution in [1.29, 1.82) is 0 Å². The third-order valence-corrected chi connectivity index (χ3v) is 4.46. The molecule has 7 heteroatoms. The number of rotatable bonds is 11. The SMILES string of the molecule is CCNC(=NCc1ccccc1OCCN(C)C)NCc1ccc(OC)cc1OC. The third-order valence-electron chi connectivity index (χ3n) is 4.46. The van der Waals surface area contributed by atoms with Crippen LogP contribution < -0.4 is 24.8 Å². The minimum Gasteiger partial charge on any atom is -0.497 e. The van der Waals surface area contributed by atoms with Gasteiger partial charge in [0.25, 0.3) is 0 Å². The van der Waals surface area contributed by atoms with E-state index in [1.54, 1.807) is 14.2 Å². The first-order valence-electron chi connectivity index (χ1n) is 10.2. The summed E-state index contributed by atoms with van der Waals surface area (Å²) >= 11 is 0. The van der Waals surface area contributed by atoms with E-state index in [1.165, 1.54) is 0 Å². The molecule has 0 radical (unpaired) electrons. The fourth-order valence-corrected chi connectivity index (χ4v) is 2.80. The average Bonchev–Trinajstić information content (AvgIpc) is 2.76. The van der Waals surface area contributed by atoms with E-state index in [0.29, 0.717) is 19.7 Å². The molecule has 2 rings (SSSR count). The van der Waals surface area contributed by atoms with Gasteiger partial charge in [0.05, 0.1) is 20.8 Å². The predicted octanol–water partition coefficient (Wildman–Crippen LogP) is 2.90. The first-order valence-corrected chi connectivity index (χ1v) is 10.2. The highest BCUT2D eigenvalue weighted by molar-refractivity contribution is 5.79. The molecule has 0 saturated heterocycles. The Balaban J connectivity index is 2.05. The second kappa shape index (κ2) is 12.6. The predicted molar refractivity (Wildman–Crippen MR) is 122 cm³/mol. The Bertz CT molecular complexity index is 809. The molecule has 0 unspecified atom stereocenters. The molecule has 0 aliphatic rings. The molecule has 2 N–H and O–H groups in total. The molecule has 0 atom stereocenters.